The lowest BCUT2D eigenvalue weighted by Gasteiger charge is -2.21. The Balaban J connectivity index is 1.79. The van der Waals surface area contributed by atoms with Gasteiger partial charge in [0.05, 0.1) is 0 Å². The van der Waals surface area contributed by atoms with Crippen LogP contribution in [0.2, 0.25) is 0 Å². The molecule has 0 saturated heterocycles. The van der Waals surface area contributed by atoms with E-state index in [2.05, 4.69) is 5.32 Å². The number of halogens is 2. The van der Waals surface area contributed by atoms with Gasteiger partial charge in [-0.3, -0.25) is 0 Å². The minimum absolute atomic E-state index is 0.0271. The van der Waals surface area contributed by atoms with Crippen LogP contribution < -0.4 is 5.32 Å². The van der Waals surface area contributed by atoms with Crippen LogP contribution in [-0.4, -0.2) is 0 Å². The zero-order chi connectivity index (χ0) is 15.0. The van der Waals surface area contributed by atoms with Crippen molar-refractivity contribution in [3.05, 3.63) is 70.3 Å². The number of aryl methyl sites for hydroxylation is 1. The van der Waals surface area contributed by atoms with Crippen molar-refractivity contribution in [2.24, 2.45) is 0 Å². The monoisotopic (exact) mass is 287 g/mol. The van der Waals surface area contributed by atoms with E-state index in [1.165, 1.54) is 6.07 Å². The summed E-state index contributed by atoms with van der Waals surface area (Å²) in [6.07, 6.45) is 1.64. The highest BCUT2D eigenvalue weighted by Crippen LogP contribution is 2.34. The number of hydrogen-bond acceptors (Lipinski definition) is 1. The molecule has 3 heteroatoms. The third-order valence-electron chi connectivity index (χ3n) is 4.36. The highest BCUT2D eigenvalue weighted by Gasteiger charge is 2.26. The Morgan fingerprint density at radius 1 is 1.14 bits per heavy atom. The first-order valence-electron chi connectivity index (χ1n) is 7.35. The molecule has 0 amide bonds. The van der Waals surface area contributed by atoms with E-state index in [9.17, 15) is 8.78 Å². The van der Waals surface area contributed by atoms with Gasteiger partial charge in [-0.15, -0.1) is 0 Å². The van der Waals surface area contributed by atoms with Crippen LogP contribution in [0.15, 0.2) is 36.4 Å². The molecule has 0 spiro atoms. The van der Waals surface area contributed by atoms with E-state index < -0.39 is 0 Å². The van der Waals surface area contributed by atoms with Gasteiger partial charge in [0.2, 0.25) is 0 Å². The van der Waals surface area contributed by atoms with Crippen molar-refractivity contribution in [1.82, 2.24) is 5.32 Å². The second kappa shape index (κ2) is 5.57. The SMILES string of the molecule is Cc1ccc(C(C)NC2CCc3c(F)cccc32)cc1F. The molecule has 21 heavy (non-hydrogen) atoms. The molecule has 1 aliphatic carbocycles. The maximum absolute atomic E-state index is 13.7. The van der Waals surface area contributed by atoms with E-state index in [0.29, 0.717) is 5.56 Å². The summed E-state index contributed by atoms with van der Waals surface area (Å²) in [4.78, 5) is 0. The van der Waals surface area contributed by atoms with Crippen LogP contribution in [0.5, 0.6) is 0 Å². The van der Waals surface area contributed by atoms with Gasteiger partial charge in [0.25, 0.3) is 0 Å². The maximum Gasteiger partial charge on any atom is 0.126 e. The van der Waals surface area contributed by atoms with Gasteiger partial charge < -0.3 is 5.32 Å². The van der Waals surface area contributed by atoms with Crippen LogP contribution in [0.4, 0.5) is 8.78 Å². The van der Waals surface area contributed by atoms with Gasteiger partial charge in [-0.05, 0) is 61.1 Å². The molecule has 1 aliphatic rings. The van der Waals surface area contributed by atoms with Crippen LogP contribution in [0.25, 0.3) is 0 Å². The third kappa shape index (κ3) is 2.70. The van der Waals surface area contributed by atoms with Crippen molar-refractivity contribution in [2.75, 3.05) is 0 Å². The molecule has 0 aliphatic heterocycles. The quantitative estimate of drug-likeness (QED) is 0.869. The van der Waals surface area contributed by atoms with Crippen molar-refractivity contribution in [1.29, 1.82) is 0 Å². The normalized spacial score (nSPS) is 18.6. The summed E-state index contributed by atoms with van der Waals surface area (Å²) in [5.41, 5.74) is 3.42. The lowest BCUT2D eigenvalue weighted by atomic mass is 10.0. The summed E-state index contributed by atoms with van der Waals surface area (Å²) < 4.78 is 27.4. The Morgan fingerprint density at radius 2 is 1.95 bits per heavy atom. The third-order valence-corrected chi connectivity index (χ3v) is 4.36. The molecule has 0 heterocycles. The second-order valence-electron chi connectivity index (χ2n) is 5.80. The predicted octanol–water partition coefficient (Wildman–Crippen LogP) is 4.61. The van der Waals surface area contributed by atoms with Crippen molar-refractivity contribution in [3.63, 3.8) is 0 Å². The average Bonchev–Trinajstić information content (AvgIpc) is 2.86. The summed E-state index contributed by atoms with van der Waals surface area (Å²) >= 11 is 0. The number of rotatable bonds is 3. The minimum atomic E-state index is -0.181. The molecule has 2 aromatic rings. The van der Waals surface area contributed by atoms with Crippen LogP contribution in [-0.2, 0) is 6.42 Å². The van der Waals surface area contributed by atoms with Crippen LogP contribution in [0, 0.1) is 18.6 Å². The van der Waals surface area contributed by atoms with Crippen molar-refractivity contribution in [2.45, 2.75) is 38.8 Å². The van der Waals surface area contributed by atoms with Gasteiger partial charge in [-0.1, -0.05) is 24.3 Å². The standard InChI is InChI=1S/C18H19F2N/c1-11-6-7-13(10-17(11)20)12(2)21-18-9-8-14-15(18)4-3-5-16(14)19/h3-7,10,12,18,21H,8-9H2,1-2H3. The van der Waals surface area contributed by atoms with Crippen molar-refractivity contribution in [3.8, 4) is 0 Å². The van der Waals surface area contributed by atoms with Gasteiger partial charge in [-0.2, -0.15) is 0 Å². The van der Waals surface area contributed by atoms with Crippen molar-refractivity contribution >= 4 is 0 Å². The Kier molecular flexibility index (Phi) is 3.77. The molecule has 0 fully saturated rings. The molecule has 2 aromatic carbocycles. The zero-order valence-corrected chi connectivity index (χ0v) is 12.3. The Hall–Kier alpha value is -1.74. The molecule has 110 valence electrons. The first-order valence-corrected chi connectivity index (χ1v) is 7.35. The highest BCUT2D eigenvalue weighted by atomic mass is 19.1. The summed E-state index contributed by atoms with van der Waals surface area (Å²) in [5, 5.41) is 3.49. The van der Waals surface area contributed by atoms with Crippen molar-refractivity contribution < 1.29 is 8.78 Å². The first kappa shape index (κ1) is 14.2. The lowest BCUT2D eigenvalue weighted by Crippen LogP contribution is -2.23. The van der Waals surface area contributed by atoms with E-state index in [1.807, 2.05) is 19.1 Å². The average molecular weight is 287 g/mol. The fraction of sp³-hybridized carbons (Fsp3) is 0.333. The molecule has 2 unspecified atom stereocenters. The number of benzene rings is 2. The maximum atomic E-state index is 13.7. The summed E-state index contributed by atoms with van der Waals surface area (Å²) in [5.74, 6) is -0.301. The fourth-order valence-electron chi connectivity index (χ4n) is 3.06. The number of hydrogen-bond donors (Lipinski definition) is 1. The summed E-state index contributed by atoms with van der Waals surface area (Å²) in [6.45, 7) is 3.77. The Labute approximate surface area is 124 Å². The molecular weight excluding hydrogens is 268 g/mol. The molecule has 0 saturated carbocycles. The molecular formula is C18H19F2N. The Bertz CT molecular complexity index is 666. The van der Waals surface area contributed by atoms with Crippen LogP contribution in [0.1, 0.15) is 47.7 Å². The molecule has 0 radical (unpaired) electrons. The zero-order valence-electron chi connectivity index (χ0n) is 12.3. The van der Waals surface area contributed by atoms with E-state index in [1.54, 1.807) is 25.1 Å². The summed E-state index contributed by atoms with van der Waals surface area (Å²) in [7, 11) is 0. The van der Waals surface area contributed by atoms with E-state index in [4.69, 9.17) is 0 Å². The van der Waals surface area contributed by atoms with Crippen LogP contribution >= 0.6 is 0 Å². The number of nitrogens with one attached hydrogen (secondary N) is 1. The van der Waals surface area contributed by atoms with E-state index >= 15 is 0 Å². The van der Waals surface area contributed by atoms with Gasteiger partial charge in [0, 0.05) is 12.1 Å². The topological polar surface area (TPSA) is 12.0 Å². The molecule has 1 nitrogen and oxygen atoms in total. The molecule has 3 rings (SSSR count). The lowest BCUT2D eigenvalue weighted by molar-refractivity contribution is 0.463. The van der Waals surface area contributed by atoms with Gasteiger partial charge >= 0.3 is 0 Å². The smallest absolute Gasteiger partial charge is 0.126 e. The minimum Gasteiger partial charge on any atom is -0.303 e. The van der Waals surface area contributed by atoms with Crippen LogP contribution in [0.3, 0.4) is 0 Å². The molecule has 0 bridgehead atoms. The molecule has 0 aromatic heterocycles. The van der Waals surface area contributed by atoms with E-state index in [0.717, 1.165) is 29.5 Å². The first-order chi connectivity index (χ1) is 10.1. The second-order valence-corrected chi connectivity index (χ2v) is 5.80. The summed E-state index contributed by atoms with van der Waals surface area (Å²) in [6, 6.07) is 10.7. The van der Waals surface area contributed by atoms with Gasteiger partial charge in [-0.25, -0.2) is 8.78 Å². The number of fused-ring (bicyclic) bond motifs is 1. The fourth-order valence-corrected chi connectivity index (χ4v) is 3.06. The van der Waals surface area contributed by atoms with Gasteiger partial charge in [0.1, 0.15) is 11.6 Å². The van der Waals surface area contributed by atoms with Gasteiger partial charge in [0.15, 0.2) is 0 Å². The van der Waals surface area contributed by atoms with E-state index in [-0.39, 0.29) is 23.7 Å². The Morgan fingerprint density at radius 3 is 2.71 bits per heavy atom. The predicted molar refractivity (Wildman–Crippen MR) is 80.1 cm³/mol. The largest absolute Gasteiger partial charge is 0.303 e. The molecule has 1 N–H and O–H groups in total. The molecule has 2 atom stereocenters. The highest BCUT2D eigenvalue weighted by molar-refractivity contribution is 5.36.